The lowest BCUT2D eigenvalue weighted by Crippen LogP contribution is -2.18. The van der Waals surface area contributed by atoms with Crippen LogP contribution in [0.25, 0.3) is 0 Å². The van der Waals surface area contributed by atoms with Crippen molar-refractivity contribution in [3.05, 3.63) is 35.9 Å². The van der Waals surface area contributed by atoms with Gasteiger partial charge in [0.25, 0.3) is 0 Å². The van der Waals surface area contributed by atoms with Crippen LogP contribution in [0, 0.1) is 6.07 Å². The molecule has 0 nitrogen and oxygen atoms in total. The number of hydrogen-bond donors (Lipinski definition) is 0. The van der Waals surface area contributed by atoms with Crippen LogP contribution in [0.15, 0.2) is 24.3 Å². The summed E-state index contributed by atoms with van der Waals surface area (Å²) in [5, 5.41) is 0. The number of rotatable bonds is 2. The Morgan fingerprint density at radius 2 is 1.91 bits per heavy atom. The maximum Gasteiger partial charge on any atom is 0.00872 e. The fraction of sp³-hybridized carbons (Fsp3) is 0.400. The molecule has 0 atom stereocenters. The van der Waals surface area contributed by atoms with Gasteiger partial charge in [-0.2, -0.15) is 0 Å². The minimum atomic E-state index is 0.301. The van der Waals surface area contributed by atoms with Crippen molar-refractivity contribution in [3.63, 3.8) is 0 Å². The van der Waals surface area contributed by atoms with Crippen LogP contribution in [-0.4, -0.2) is 4.43 Å². The number of halogens is 1. The van der Waals surface area contributed by atoms with Gasteiger partial charge in [0.1, 0.15) is 0 Å². The molecule has 0 spiro atoms. The summed E-state index contributed by atoms with van der Waals surface area (Å²) >= 11 is 2.42. The molecule has 0 N–H and O–H groups in total. The highest BCUT2D eigenvalue weighted by Crippen LogP contribution is 2.24. The molecule has 0 heterocycles. The molecule has 1 aromatic carbocycles. The molecule has 0 saturated carbocycles. The van der Waals surface area contributed by atoms with E-state index in [1.807, 2.05) is 12.1 Å². The predicted molar refractivity (Wildman–Crippen MR) is 57.2 cm³/mol. The van der Waals surface area contributed by atoms with Gasteiger partial charge in [0, 0.05) is 4.43 Å². The van der Waals surface area contributed by atoms with Crippen molar-refractivity contribution in [1.82, 2.24) is 0 Å². The van der Waals surface area contributed by atoms with E-state index >= 15 is 0 Å². The summed E-state index contributed by atoms with van der Waals surface area (Å²) in [5.74, 6) is 0. The van der Waals surface area contributed by atoms with Gasteiger partial charge in [-0.25, -0.2) is 0 Å². The molecule has 0 unspecified atom stereocenters. The zero-order valence-electron chi connectivity index (χ0n) is 6.89. The van der Waals surface area contributed by atoms with Crippen molar-refractivity contribution < 1.29 is 0 Å². The van der Waals surface area contributed by atoms with Gasteiger partial charge >= 0.3 is 0 Å². The Morgan fingerprint density at radius 1 is 1.36 bits per heavy atom. The second-order valence-corrected chi connectivity index (χ2v) is 4.07. The van der Waals surface area contributed by atoms with Crippen molar-refractivity contribution in [3.8, 4) is 0 Å². The molecule has 0 aliphatic heterocycles. The molecule has 0 fully saturated rings. The topological polar surface area (TPSA) is 0 Å². The van der Waals surface area contributed by atoms with Crippen LogP contribution in [-0.2, 0) is 5.41 Å². The highest BCUT2D eigenvalue weighted by Gasteiger charge is 2.17. The quantitative estimate of drug-likeness (QED) is 0.565. The summed E-state index contributed by atoms with van der Waals surface area (Å²) in [6.07, 6.45) is 0. The third-order valence-electron chi connectivity index (χ3n) is 1.83. The maximum absolute atomic E-state index is 3.03. The van der Waals surface area contributed by atoms with Crippen LogP contribution in [0.2, 0.25) is 0 Å². The van der Waals surface area contributed by atoms with E-state index in [9.17, 15) is 0 Å². The van der Waals surface area contributed by atoms with E-state index in [1.54, 1.807) is 0 Å². The van der Waals surface area contributed by atoms with Crippen LogP contribution >= 0.6 is 22.6 Å². The fourth-order valence-electron chi connectivity index (χ4n) is 0.915. The molecule has 1 aromatic rings. The first-order valence-electron chi connectivity index (χ1n) is 3.69. The first-order chi connectivity index (χ1) is 5.17. The van der Waals surface area contributed by atoms with Gasteiger partial charge in [-0.05, 0) is 17.0 Å². The molecule has 0 bridgehead atoms. The molecule has 0 saturated heterocycles. The third kappa shape index (κ3) is 2.19. The van der Waals surface area contributed by atoms with Crippen molar-refractivity contribution in [1.29, 1.82) is 0 Å². The maximum atomic E-state index is 3.03. The Bertz CT molecular complexity index is 214. The Labute approximate surface area is 82.2 Å². The summed E-state index contributed by atoms with van der Waals surface area (Å²) in [5.41, 5.74) is 1.70. The highest BCUT2D eigenvalue weighted by molar-refractivity contribution is 14.1. The summed E-state index contributed by atoms with van der Waals surface area (Å²) in [7, 11) is 0. The van der Waals surface area contributed by atoms with Gasteiger partial charge in [0.05, 0.1) is 0 Å². The number of hydrogen-bond acceptors (Lipinski definition) is 0. The molecule has 59 valence electrons. The Balaban J connectivity index is 2.93. The lowest BCUT2D eigenvalue weighted by atomic mass is 9.87. The van der Waals surface area contributed by atoms with Gasteiger partial charge in [-0.1, -0.05) is 60.7 Å². The van der Waals surface area contributed by atoms with Crippen LogP contribution in [0.3, 0.4) is 0 Å². The van der Waals surface area contributed by atoms with Gasteiger partial charge in [-0.15, -0.1) is 0 Å². The van der Waals surface area contributed by atoms with Crippen molar-refractivity contribution >= 4 is 22.6 Å². The van der Waals surface area contributed by atoms with E-state index in [1.165, 1.54) is 5.56 Å². The van der Waals surface area contributed by atoms with E-state index < -0.39 is 0 Å². The van der Waals surface area contributed by atoms with Crippen molar-refractivity contribution in [2.75, 3.05) is 4.43 Å². The van der Waals surface area contributed by atoms with E-state index in [4.69, 9.17) is 0 Å². The predicted octanol–water partition coefficient (Wildman–Crippen LogP) is 3.20. The smallest absolute Gasteiger partial charge is 0.00872 e. The zero-order chi connectivity index (χ0) is 8.32. The molecule has 1 heteroatoms. The zero-order valence-corrected chi connectivity index (χ0v) is 9.05. The summed E-state index contributed by atoms with van der Waals surface area (Å²) in [6.45, 7) is 4.52. The standard InChI is InChI=1S/C10H12I/c1-10(2,8-11)9-6-4-3-5-7-9/h4-7H,8H2,1-2H3. The summed E-state index contributed by atoms with van der Waals surface area (Å²) < 4.78 is 1.15. The Kier molecular flexibility index (Phi) is 2.93. The molecule has 0 aromatic heterocycles. The Morgan fingerprint density at radius 3 is 2.36 bits per heavy atom. The molecule has 1 rings (SSSR count). The first kappa shape index (κ1) is 9.04. The van der Waals surface area contributed by atoms with Gasteiger partial charge in [-0.3, -0.25) is 0 Å². The van der Waals surface area contributed by atoms with Crippen LogP contribution in [0.5, 0.6) is 0 Å². The van der Waals surface area contributed by atoms with E-state index in [-0.39, 0.29) is 0 Å². The van der Waals surface area contributed by atoms with Gasteiger partial charge in [0.2, 0.25) is 0 Å². The second kappa shape index (κ2) is 3.57. The molecule has 0 aliphatic rings. The monoisotopic (exact) mass is 259 g/mol. The molecule has 0 amide bonds. The number of alkyl halides is 1. The molecular weight excluding hydrogens is 247 g/mol. The molecule has 11 heavy (non-hydrogen) atoms. The molecule has 1 radical (unpaired) electrons. The lowest BCUT2D eigenvalue weighted by molar-refractivity contribution is 0.612. The first-order valence-corrected chi connectivity index (χ1v) is 5.22. The molecular formula is C10H12I. The minimum Gasteiger partial charge on any atom is -0.0854 e. The molecule has 0 aliphatic carbocycles. The van der Waals surface area contributed by atoms with Crippen LogP contribution in [0.1, 0.15) is 19.4 Å². The van der Waals surface area contributed by atoms with E-state index in [0.29, 0.717) is 5.41 Å². The van der Waals surface area contributed by atoms with Crippen LogP contribution < -0.4 is 0 Å². The SMILES string of the molecule is CC(C)(CI)c1cc[c]cc1. The number of benzene rings is 1. The van der Waals surface area contributed by atoms with Gasteiger partial charge in [0.15, 0.2) is 0 Å². The van der Waals surface area contributed by atoms with Crippen molar-refractivity contribution in [2.24, 2.45) is 0 Å². The average Bonchev–Trinajstić information content (AvgIpc) is 2.06. The average molecular weight is 259 g/mol. The Hall–Kier alpha value is -0.0500. The van der Waals surface area contributed by atoms with Crippen LogP contribution in [0.4, 0.5) is 0 Å². The van der Waals surface area contributed by atoms with E-state index in [2.05, 4.69) is 54.6 Å². The fourth-order valence-corrected chi connectivity index (χ4v) is 1.36. The second-order valence-electron chi connectivity index (χ2n) is 3.31. The highest BCUT2D eigenvalue weighted by atomic mass is 127. The third-order valence-corrected chi connectivity index (χ3v) is 3.74. The lowest BCUT2D eigenvalue weighted by Gasteiger charge is -2.21. The van der Waals surface area contributed by atoms with Gasteiger partial charge < -0.3 is 0 Å². The largest absolute Gasteiger partial charge is 0.0854 e. The van der Waals surface area contributed by atoms with Crippen molar-refractivity contribution in [2.45, 2.75) is 19.3 Å². The summed E-state index contributed by atoms with van der Waals surface area (Å²) in [4.78, 5) is 0. The summed E-state index contributed by atoms with van der Waals surface area (Å²) in [6, 6.07) is 11.3. The normalized spacial score (nSPS) is 11.5. The minimum absolute atomic E-state index is 0.301. The van der Waals surface area contributed by atoms with E-state index in [0.717, 1.165) is 4.43 Å².